The molecule has 3 rings (SSSR count). The van der Waals surface area contributed by atoms with Crippen molar-refractivity contribution in [3.63, 3.8) is 0 Å². The van der Waals surface area contributed by atoms with Crippen LogP contribution < -0.4 is 19.1 Å². The summed E-state index contributed by atoms with van der Waals surface area (Å²) in [5.41, 5.74) is 3.40. The number of carbonyl (C=O) groups is 1. The van der Waals surface area contributed by atoms with E-state index in [1.54, 1.807) is 68.6 Å². The van der Waals surface area contributed by atoms with E-state index >= 15 is 0 Å². The number of benzene rings is 3. The fraction of sp³-hybridized carbons (Fsp3) is 0.130. The van der Waals surface area contributed by atoms with E-state index in [4.69, 9.17) is 13.7 Å². The highest BCUT2D eigenvalue weighted by Gasteiger charge is 2.22. The first-order valence-electron chi connectivity index (χ1n) is 9.77. The van der Waals surface area contributed by atoms with Gasteiger partial charge in [-0.3, -0.25) is 4.79 Å². The lowest BCUT2D eigenvalue weighted by molar-refractivity contribution is 0.0955. The molecule has 1 amide bonds. The fourth-order valence-corrected chi connectivity index (χ4v) is 4.35. The minimum absolute atomic E-state index is 0.0140. The van der Waals surface area contributed by atoms with Crippen molar-refractivity contribution >= 4 is 38.2 Å². The van der Waals surface area contributed by atoms with Gasteiger partial charge >= 0.3 is 10.1 Å². The third-order valence-corrected chi connectivity index (χ3v) is 6.11. The first-order chi connectivity index (χ1) is 15.8. The van der Waals surface area contributed by atoms with Crippen LogP contribution in [0.4, 0.5) is 0 Å². The van der Waals surface area contributed by atoms with E-state index in [0.29, 0.717) is 21.3 Å². The van der Waals surface area contributed by atoms with E-state index in [1.807, 2.05) is 0 Å². The lowest BCUT2D eigenvalue weighted by atomic mass is 10.2. The molecule has 0 saturated heterocycles. The van der Waals surface area contributed by atoms with Crippen molar-refractivity contribution in [1.29, 1.82) is 0 Å². The first kappa shape index (κ1) is 24.3. The van der Waals surface area contributed by atoms with Crippen molar-refractivity contribution in [2.75, 3.05) is 13.7 Å². The molecule has 3 aromatic carbocycles. The third kappa shape index (κ3) is 6.33. The zero-order valence-corrected chi connectivity index (χ0v) is 20.2. The van der Waals surface area contributed by atoms with Crippen molar-refractivity contribution in [1.82, 2.24) is 5.43 Å². The van der Waals surface area contributed by atoms with Gasteiger partial charge < -0.3 is 13.7 Å². The average molecular weight is 533 g/mol. The number of carbonyl (C=O) groups excluding carboxylic acids is 1. The van der Waals surface area contributed by atoms with Crippen molar-refractivity contribution in [3.05, 3.63) is 82.3 Å². The van der Waals surface area contributed by atoms with Gasteiger partial charge in [-0.05, 0) is 76.9 Å². The molecule has 0 aliphatic carbocycles. The number of ether oxygens (including phenoxy) is 2. The molecular weight excluding hydrogens is 512 g/mol. The Morgan fingerprint density at radius 2 is 1.79 bits per heavy atom. The molecule has 33 heavy (non-hydrogen) atoms. The van der Waals surface area contributed by atoms with Crippen molar-refractivity contribution < 1.29 is 26.9 Å². The second-order valence-electron chi connectivity index (χ2n) is 6.54. The summed E-state index contributed by atoms with van der Waals surface area (Å²) < 4.78 is 41.6. The van der Waals surface area contributed by atoms with Gasteiger partial charge in [-0.15, -0.1) is 0 Å². The van der Waals surface area contributed by atoms with Crippen LogP contribution in [0.3, 0.4) is 0 Å². The maximum atomic E-state index is 12.6. The van der Waals surface area contributed by atoms with Crippen LogP contribution in [-0.2, 0) is 10.1 Å². The number of halogens is 1. The van der Waals surface area contributed by atoms with E-state index < -0.39 is 16.0 Å². The fourth-order valence-electron chi connectivity index (χ4n) is 2.72. The molecule has 0 atom stereocenters. The van der Waals surface area contributed by atoms with Crippen LogP contribution in [-0.4, -0.2) is 34.3 Å². The minimum Gasteiger partial charge on any atom is -0.497 e. The Bertz CT molecular complexity index is 1250. The number of hydrogen-bond donors (Lipinski definition) is 1. The molecule has 0 unspecified atom stereocenters. The molecule has 0 heterocycles. The van der Waals surface area contributed by atoms with Crippen LogP contribution >= 0.6 is 15.9 Å². The number of rotatable bonds is 9. The SMILES string of the molecule is CCOc1cc(/C=N\NC(=O)c2ccc(OC)cc2)cc(Br)c1OS(=O)(=O)c1ccccc1. The van der Waals surface area contributed by atoms with Gasteiger partial charge in [-0.1, -0.05) is 18.2 Å². The molecule has 0 aliphatic heterocycles. The molecule has 0 spiro atoms. The predicted octanol–water partition coefficient (Wildman–Crippen LogP) is 4.39. The van der Waals surface area contributed by atoms with Crippen molar-refractivity contribution in [3.8, 4) is 17.2 Å². The van der Waals surface area contributed by atoms with Crippen LogP contribution in [0.15, 0.2) is 81.2 Å². The van der Waals surface area contributed by atoms with E-state index in [0.717, 1.165) is 0 Å². The summed E-state index contributed by atoms with van der Waals surface area (Å²) in [6, 6.07) is 17.5. The zero-order valence-electron chi connectivity index (χ0n) is 17.8. The Balaban J connectivity index is 1.79. The molecule has 10 heteroatoms. The summed E-state index contributed by atoms with van der Waals surface area (Å²) in [4.78, 5) is 12.2. The Morgan fingerprint density at radius 3 is 2.42 bits per heavy atom. The first-order valence-corrected chi connectivity index (χ1v) is 12.0. The molecule has 0 fully saturated rings. The van der Waals surface area contributed by atoms with Crippen LogP contribution in [0, 0.1) is 0 Å². The van der Waals surface area contributed by atoms with Gasteiger partial charge in [0.05, 0.1) is 24.4 Å². The van der Waals surface area contributed by atoms with Gasteiger partial charge in [0.2, 0.25) is 0 Å². The smallest absolute Gasteiger partial charge is 0.339 e. The largest absolute Gasteiger partial charge is 0.497 e. The number of methoxy groups -OCH3 is 1. The van der Waals surface area contributed by atoms with Gasteiger partial charge in [0.15, 0.2) is 11.5 Å². The van der Waals surface area contributed by atoms with Gasteiger partial charge in [0.1, 0.15) is 10.6 Å². The average Bonchev–Trinajstić information content (AvgIpc) is 2.82. The Kier molecular flexibility index (Phi) is 8.07. The number of hydrogen-bond acceptors (Lipinski definition) is 7. The summed E-state index contributed by atoms with van der Waals surface area (Å²) >= 11 is 3.33. The lowest BCUT2D eigenvalue weighted by Gasteiger charge is -2.14. The molecule has 0 bridgehead atoms. The Morgan fingerprint density at radius 1 is 1.09 bits per heavy atom. The van der Waals surface area contributed by atoms with Gasteiger partial charge in [0.25, 0.3) is 5.91 Å². The number of nitrogens with zero attached hydrogens (tertiary/aromatic N) is 1. The van der Waals surface area contributed by atoms with Crippen LogP contribution in [0.1, 0.15) is 22.8 Å². The van der Waals surface area contributed by atoms with Crippen molar-refractivity contribution in [2.45, 2.75) is 11.8 Å². The van der Waals surface area contributed by atoms with Crippen LogP contribution in [0.5, 0.6) is 17.2 Å². The van der Waals surface area contributed by atoms with Gasteiger partial charge in [-0.2, -0.15) is 13.5 Å². The van der Waals surface area contributed by atoms with Gasteiger partial charge in [-0.25, -0.2) is 5.43 Å². The monoisotopic (exact) mass is 532 g/mol. The van der Waals surface area contributed by atoms with E-state index in [9.17, 15) is 13.2 Å². The number of nitrogens with one attached hydrogen (secondary N) is 1. The lowest BCUT2D eigenvalue weighted by Crippen LogP contribution is -2.17. The van der Waals surface area contributed by atoms with Crippen LogP contribution in [0.2, 0.25) is 0 Å². The summed E-state index contributed by atoms with van der Waals surface area (Å²) in [6.45, 7) is 2.04. The van der Waals surface area contributed by atoms with Gasteiger partial charge in [0, 0.05) is 5.56 Å². The maximum Gasteiger partial charge on any atom is 0.339 e. The zero-order chi connectivity index (χ0) is 23.8. The molecule has 0 aromatic heterocycles. The normalized spacial score (nSPS) is 11.2. The van der Waals surface area contributed by atoms with Crippen LogP contribution in [0.25, 0.3) is 0 Å². The standard InChI is InChI=1S/C23H21BrN2O6S/c1-3-31-21-14-16(15-25-26-23(27)17-9-11-18(30-2)12-10-17)13-20(24)22(21)32-33(28,29)19-7-5-4-6-8-19/h4-15H,3H2,1-2H3,(H,26,27)/b25-15-. The van der Waals surface area contributed by atoms with Crippen molar-refractivity contribution in [2.24, 2.45) is 5.10 Å². The van der Waals surface area contributed by atoms with E-state index in [-0.39, 0.29) is 23.0 Å². The minimum atomic E-state index is -4.06. The highest BCUT2D eigenvalue weighted by Crippen LogP contribution is 2.38. The number of amides is 1. The second-order valence-corrected chi connectivity index (χ2v) is 8.94. The Labute approximate surface area is 200 Å². The molecule has 8 nitrogen and oxygen atoms in total. The Hall–Kier alpha value is -3.37. The summed E-state index contributed by atoms with van der Waals surface area (Å²) in [5, 5.41) is 3.96. The highest BCUT2D eigenvalue weighted by atomic mass is 79.9. The van der Waals surface area contributed by atoms with E-state index in [1.165, 1.54) is 18.3 Å². The second kappa shape index (κ2) is 11.0. The molecule has 172 valence electrons. The summed E-state index contributed by atoms with van der Waals surface area (Å²) in [6.07, 6.45) is 1.41. The topological polar surface area (TPSA) is 103 Å². The molecule has 3 aromatic rings. The molecule has 0 aliphatic rings. The molecule has 0 saturated carbocycles. The summed E-state index contributed by atoms with van der Waals surface area (Å²) in [5.74, 6) is 0.460. The number of hydrazone groups is 1. The molecular formula is C23H21BrN2O6S. The third-order valence-electron chi connectivity index (χ3n) is 4.29. The molecule has 1 N–H and O–H groups in total. The maximum absolute atomic E-state index is 12.6. The predicted molar refractivity (Wildman–Crippen MR) is 128 cm³/mol. The van der Waals surface area contributed by atoms with E-state index in [2.05, 4.69) is 26.5 Å². The summed E-state index contributed by atoms with van der Waals surface area (Å²) in [7, 11) is -2.52. The quantitative estimate of drug-likeness (QED) is 0.249. The molecule has 0 radical (unpaired) electrons. The highest BCUT2D eigenvalue weighted by molar-refractivity contribution is 9.10.